The summed E-state index contributed by atoms with van der Waals surface area (Å²) >= 11 is 1.33. The number of aryl methyl sites for hydroxylation is 2. The maximum atomic E-state index is 12.8. The van der Waals surface area contributed by atoms with Crippen molar-refractivity contribution in [2.45, 2.75) is 25.3 Å². The molecule has 0 aliphatic rings. The number of sulfonamides is 1. The SMILES string of the molecule is Cc1csc(C)c1S(=O)(=O)N(CC(=O)O)Cc1ccccn1. The van der Waals surface area contributed by atoms with E-state index in [4.69, 9.17) is 5.11 Å². The molecule has 2 aromatic rings. The second-order valence-corrected chi connectivity index (χ2v) is 7.75. The normalized spacial score (nSPS) is 11.8. The molecule has 2 aromatic heterocycles. The van der Waals surface area contributed by atoms with E-state index in [2.05, 4.69) is 4.98 Å². The van der Waals surface area contributed by atoms with Crippen LogP contribution in [-0.4, -0.2) is 35.3 Å². The Hall–Kier alpha value is -1.77. The van der Waals surface area contributed by atoms with Crippen molar-refractivity contribution in [2.75, 3.05) is 6.54 Å². The van der Waals surface area contributed by atoms with Gasteiger partial charge in [0.25, 0.3) is 0 Å². The summed E-state index contributed by atoms with van der Waals surface area (Å²) in [5, 5.41) is 10.8. The zero-order chi connectivity index (χ0) is 16.3. The van der Waals surface area contributed by atoms with Crippen LogP contribution in [0.5, 0.6) is 0 Å². The van der Waals surface area contributed by atoms with Crippen LogP contribution in [0, 0.1) is 13.8 Å². The van der Waals surface area contributed by atoms with Crippen molar-refractivity contribution in [3.8, 4) is 0 Å². The third-order valence-corrected chi connectivity index (χ3v) is 6.30. The molecule has 0 aromatic carbocycles. The first-order valence-electron chi connectivity index (χ1n) is 6.49. The molecule has 0 spiro atoms. The van der Waals surface area contributed by atoms with E-state index < -0.39 is 22.5 Å². The van der Waals surface area contributed by atoms with E-state index in [0.717, 1.165) is 4.31 Å². The van der Waals surface area contributed by atoms with Crippen molar-refractivity contribution in [3.63, 3.8) is 0 Å². The van der Waals surface area contributed by atoms with Crippen LogP contribution in [0.3, 0.4) is 0 Å². The average molecular weight is 340 g/mol. The van der Waals surface area contributed by atoms with Gasteiger partial charge in [-0.05, 0) is 36.9 Å². The highest BCUT2D eigenvalue weighted by Crippen LogP contribution is 2.29. The summed E-state index contributed by atoms with van der Waals surface area (Å²) in [5.74, 6) is -1.20. The second-order valence-electron chi connectivity index (χ2n) is 4.79. The zero-order valence-electron chi connectivity index (χ0n) is 12.2. The molecular formula is C14H16N2O4S2. The minimum Gasteiger partial charge on any atom is -0.480 e. The van der Waals surface area contributed by atoms with Crippen molar-refractivity contribution < 1.29 is 18.3 Å². The predicted octanol–water partition coefficient (Wildman–Crippen LogP) is 2.04. The number of thiophene rings is 1. The molecule has 0 amide bonds. The summed E-state index contributed by atoms with van der Waals surface area (Å²) in [6.07, 6.45) is 1.54. The van der Waals surface area contributed by atoms with Crippen LogP contribution in [-0.2, 0) is 21.4 Å². The van der Waals surface area contributed by atoms with Gasteiger partial charge in [-0.15, -0.1) is 11.3 Å². The molecule has 2 rings (SSSR count). The summed E-state index contributed by atoms with van der Waals surface area (Å²) in [6, 6.07) is 5.11. The van der Waals surface area contributed by atoms with Gasteiger partial charge in [0, 0.05) is 11.1 Å². The van der Waals surface area contributed by atoms with Gasteiger partial charge in [-0.3, -0.25) is 9.78 Å². The van der Waals surface area contributed by atoms with Gasteiger partial charge in [0.1, 0.15) is 6.54 Å². The zero-order valence-corrected chi connectivity index (χ0v) is 13.8. The minimum atomic E-state index is -3.89. The first-order chi connectivity index (χ1) is 10.3. The Kier molecular flexibility index (Phi) is 4.94. The Morgan fingerprint density at radius 1 is 1.36 bits per heavy atom. The molecule has 118 valence electrons. The van der Waals surface area contributed by atoms with Crippen molar-refractivity contribution in [1.82, 2.24) is 9.29 Å². The van der Waals surface area contributed by atoms with Gasteiger partial charge < -0.3 is 5.11 Å². The maximum absolute atomic E-state index is 12.8. The van der Waals surface area contributed by atoms with E-state index in [1.165, 1.54) is 11.3 Å². The molecule has 0 bridgehead atoms. The number of aromatic nitrogens is 1. The Morgan fingerprint density at radius 2 is 2.09 bits per heavy atom. The average Bonchev–Trinajstić information content (AvgIpc) is 2.78. The quantitative estimate of drug-likeness (QED) is 0.869. The molecule has 0 aliphatic carbocycles. The van der Waals surface area contributed by atoms with E-state index in [-0.39, 0.29) is 11.4 Å². The molecular weight excluding hydrogens is 324 g/mol. The van der Waals surface area contributed by atoms with Gasteiger partial charge in [0.15, 0.2) is 0 Å². The fraction of sp³-hybridized carbons (Fsp3) is 0.286. The molecule has 1 N–H and O–H groups in total. The molecule has 0 atom stereocenters. The number of hydrogen-bond donors (Lipinski definition) is 1. The molecule has 0 aliphatic heterocycles. The van der Waals surface area contributed by atoms with Gasteiger partial charge in [0.2, 0.25) is 10.0 Å². The second kappa shape index (κ2) is 6.55. The largest absolute Gasteiger partial charge is 0.480 e. The highest BCUT2D eigenvalue weighted by molar-refractivity contribution is 7.89. The third-order valence-electron chi connectivity index (χ3n) is 3.06. The standard InChI is InChI=1S/C14H16N2O4S2/c1-10-9-21-11(2)14(10)22(19,20)16(8-13(17)18)7-12-5-3-4-6-15-12/h3-6,9H,7-8H2,1-2H3,(H,17,18). The summed E-state index contributed by atoms with van der Waals surface area (Å²) < 4.78 is 26.6. The van der Waals surface area contributed by atoms with Gasteiger partial charge >= 0.3 is 5.97 Å². The molecule has 6 nitrogen and oxygen atoms in total. The number of pyridine rings is 1. The van der Waals surface area contributed by atoms with Crippen LogP contribution in [0.1, 0.15) is 16.1 Å². The fourth-order valence-electron chi connectivity index (χ4n) is 2.12. The molecule has 0 saturated carbocycles. The topological polar surface area (TPSA) is 87.6 Å². The van der Waals surface area contributed by atoms with E-state index in [1.807, 2.05) is 0 Å². The van der Waals surface area contributed by atoms with Crippen LogP contribution in [0.2, 0.25) is 0 Å². The van der Waals surface area contributed by atoms with Gasteiger partial charge in [0.05, 0.1) is 17.1 Å². The Morgan fingerprint density at radius 3 is 2.59 bits per heavy atom. The van der Waals surface area contributed by atoms with Crippen molar-refractivity contribution in [3.05, 3.63) is 45.9 Å². The van der Waals surface area contributed by atoms with E-state index >= 15 is 0 Å². The number of aliphatic carboxylic acids is 1. The molecule has 8 heteroatoms. The fourth-order valence-corrected chi connectivity index (χ4v) is 5.07. The number of rotatable bonds is 6. The maximum Gasteiger partial charge on any atom is 0.318 e. The smallest absolute Gasteiger partial charge is 0.318 e. The van der Waals surface area contributed by atoms with Crippen LogP contribution >= 0.6 is 11.3 Å². The van der Waals surface area contributed by atoms with Crippen LogP contribution < -0.4 is 0 Å². The lowest BCUT2D eigenvalue weighted by atomic mass is 10.3. The van der Waals surface area contributed by atoms with E-state index in [1.54, 1.807) is 43.6 Å². The Balaban J connectivity index is 2.42. The van der Waals surface area contributed by atoms with Crippen LogP contribution in [0.25, 0.3) is 0 Å². The number of hydrogen-bond acceptors (Lipinski definition) is 5. The number of nitrogens with zero attached hydrogens (tertiary/aromatic N) is 2. The first-order valence-corrected chi connectivity index (χ1v) is 8.81. The highest BCUT2D eigenvalue weighted by Gasteiger charge is 2.30. The predicted molar refractivity (Wildman–Crippen MR) is 83.3 cm³/mol. The molecule has 0 saturated heterocycles. The van der Waals surface area contributed by atoms with Gasteiger partial charge in [-0.1, -0.05) is 6.07 Å². The number of carbonyl (C=O) groups is 1. The molecule has 2 heterocycles. The lowest BCUT2D eigenvalue weighted by molar-refractivity contribution is -0.137. The van der Waals surface area contributed by atoms with Gasteiger partial charge in [-0.25, -0.2) is 8.42 Å². The molecule has 22 heavy (non-hydrogen) atoms. The van der Waals surface area contributed by atoms with Crippen LogP contribution in [0.15, 0.2) is 34.7 Å². The Bertz CT molecular complexity index is 750. The third kappa shape index (κ3) is 3.52. The summed E-state index contributed by atoms with van der Waals surface area (Å²) in [6.45, 7) is 2.73. The lowest BCUT2D eigenvalue weighted by Gasteiger charge is -2.20. The summed E-state index contributed by atoms with van der Waals surface area (Å²) in [7, 11) is -3.89. The van der Waals surface area contributed by atoms with Crippen molar-refractivity contribution >= 4 is 27.3 Å². The monoisotopic (exact) mass is 340 g/mol. The Labute approximate surface area is 133 Å². The van der Waals surface area contributed by atoms with Crippen LogP contribution in [0.4, 0.5) is 0 Å². The minimum absolute atomic E-state index is 0.0792. The summed E-state index contributed by atoms with van der Waals surface area (Å²) in [4.78, 5) is 16.0. The van der Waals surface area contributed by atoms with E-state index in [0.29, 0.717) is 16.1 Å². The highest BCUT2D eigenvalue weighted by atomic mass is 32.2. The number of carboxylic acid groups (broad SMARTS) is 1. The van der Waals surface area contributed by atoms with Crippen molar-refractivity contribution in [2.24, 2.45) is 0 Å². The summed E-state index contributed by atoms with van der Waals surface area (Å²) in [5.41, 5.74) is 1.12. The first kappa shape index (κ1) is 16.6. The molecule has 0 unspecified atom stereocenters. The molecule has 0 radical (unpaired) electrons. The van der Waals surface area contributed by atoms with Gasteiger partial charge in [-0.2, -0.15) is 4.31 Å². The van der Waals surface area contributed by atoms with E-state index in [9.17, 15) is 13.2 Å². The lowest BCUT2D eigenvalue weighted by Crippen LogP contribution is -2.35. The van der Waals surface area contributed by atoms with Crippen molar-refractivity contribution in [1.29, 1.82) is 0 Å². The number of carboxylic acids is 1. The molecule has 0 fully saturated rings.